The minimum Gasteiger partial charge on any atom is -0.493 e. The second kappa shape index (κ2) is 10.7. The van der Waals surface area contributed by atoms with Gasteiger partial charge in [0.15, 0.2) is 11.3 Å². The number of rotatable bonds is 6. The Morgan fingerprint density at radius 2 is 1.92 bits per heavy atom. The van der Waals surface area contributed by atoms with Gasteiger partial charge in [-0.15, -0.1) is 0 Å². The van der Waals surface area contributed by atoms with Gasteiger partial charge in [-0.2, -0.15) is 5.26 Å². The fourth-order valence-electron chi connectivity index (χ4n) is 4.42. The minimum absolute atomic E-state index is 0.114. The van der Waals surface area contributed by atoms with E-state index < -0.39 is 11.2 Å². The van der Waals surface area contributed by atoms with Crippen LogP contribution in [0.1, 0.15) is 36.2 Å². The van der Waals surface area contributed by atoms with Crippen LogP contribution in [0.4, 0.5) is 10.3 Å². The predicted octanol–water partition coefficient (Wildman–Crippen LogP) is 3.99. The molecular formula is C27H27B2FN6O. The van der Waals surface area contributed by atoms with E-state index >= 15 is 0 Å². The molecule has 0 bridgehead atoms. The van der Waals surface area contributed by atoms with E-state index in [-0.39, 0.29) is 17.2 Å². The number of hydrogen-bond acceptors (Lipinski definition) is 6. The monoisotopic (exact) mass is 492 g/mol. The molecule has 0 aliphatic carbocycles. The summed E-state index contributed by atoms with van der Waals surface area (Å²) in [5, 5.41) is 10.6. The highest BCUT2D eigenvalue weighted by atomic mass is 19.1. The zero-order valence-electron chi connectivity index (χ0n) is 21.4. The SMILES string of the molecule is CC.[B]C([B])(Nc1ncc(-c2ccc(CN(C)C)cc2)c2nc(C#N)cn12)c1c(F)ccc2c1CCO2. The van der Waals surface area contributed by atoms with Gasteiger partial charge < -0.3 is 15.0 Å². The van der Waals surface area contributed by atoms with Crippen molar-refractivity contribution in [2.24, 2.45) is 0 Å². The van der Waals surface area contributed by atoms with Crippen LogP contribution < -0.4 is 10.1 Å². The van der Waals surface area contributed by atoms with Crippen molar-refractivity contribution in [2.45, 2.75) is 32.2 Å². The normalized spacial score (nSPS) is 12.5. The average Bonchev–Trinajstić information content (AvgIpc) is 3.53. The van der Waals surface area contributed by atoms with Crippen LogP contribution >= 0.6 is 0 Å². The first kappa shape index (κ1) is 26.2. The van der Waals surface area contributed by atoms with Crippen molar-refractivity contribution >= 4 is 27.3 Å². The van der Waals surface area contributed by atoms with Gasteiger partial charge in [0, 0.05) is 35.9 Å². The number of halogens is 1. The van der Waals surface area contributed by atoms with Crippen LogP contribution in [0.2, 0.25) is 0 Å². The molecule has 2 aromatic heterocycles. The van der Waals surface area contributed by atoms with Gasteiger partial charge in [-0.25, -0.2) is 14.4 Å². The first-order chi connectivity index (χ1) is 17.8. The Hall–Kier alpha value is -3.83. The maximum Gasteiger partial charge on any atom is 0.208 e. The summed E-state index contributed by atoms with van der Waals surface area (Å²) in [5.74, 6) is 0.243. The summed E-state index contributed by atoms with van der Waals surface area (Å²) >= 11 is 0. The summed E-state index contributed by atoms with van der Waals surface area (Å²) < 4.78 is 22.0. The smallest absolute Gasteiger partial charge is 0.208 e. The van der Waals surface area contributed by atoms with E-state index in [9.17, 15) is 9.65 Å². The molecule has 0 spiro atoms. The van der Waals surface area contributed by atoms with E-state index in [2.05, 4.69) is 26.3 Å². The molecule has 184 valence electrons. The number of nitriles is 1. The molecule has 37 heavy (non-hydrogen) atoms. The van der Waals surface area contributed by atoms with Gasteiger partial charge >= 0.3 is 0 Å². The second-order valence-corrected chi connectivity index (χ2v) is 8.85. The number of ether oxygens (including phenoxy) is 1. The van der Waals surface area contributed by atoms with E-state index in [0.29, 0.717) is 30.0 Å². The van der Waals surface area contributed by atoms with E-state index in [1.165, 1.54) is 11.6 Å². The standard InChI is InChI=1S/C25H21B2FN6O.C2H6/c1-33(2)13-15-3-5-16(6-4-15)19-12-30-24(34-14-17(11-29)31-23(19)34)32-25(26,27)22-18-9-10-35-21(18)8-7-20(22)28;1-2/h3-8,12,14H,9-10,13H2,1-2H3,(H,30,32);1-2H3. The lowest BCUT2D eigenvalue weighted by Crippen LogP contribution is -2.39. The highest BCUT2D eigenvalue weighted by Gasteiger charge is 2.31. The van der Waals surface area contributed by atoms with Crippen molar-refractivity contribution in [1.29, 1.82) is 5.26 Å². The number of nitrogens with one attached hydrogen (secondary N) is 1. The van der Waals surface area contributed by atoms with Crippen LogP contribution in [0, 0.1) is 17.1 Å². The Morgan fingerprint density at radius 3 is 2.59 bits per heavy atom. The van der Waals surface area contributed by atoms with Crippen molar-refractivity contribution in [2.75, 3.05) is 26.0 Å². The molecule has 1 aliphatic heterocycles. The molecule has 0 amide bonds. The number of nitrogens with zero attached hydrogens (tertiary/aromatic N) is 5. The van der Waals surface area contributed by atoms with Gasteiger partial charge in [0.2, 0.25) is 5.95 Å². The van der Waals surface area contributed by atoms with Crippen LogP contribution in [0.3, 0.4) is 0 Å². The highest BCUT2D eigenvalue weighted by molar-refractivity contribution is 6.41. The second-order valence-electron chi connectivity index (χ2n) is 8.85. The summed E-state index contributed by atoms with van der Waals surface area (Å²) in [5.41, 5.74) is 4.22. The molecule has 0 fully saturated rings. The van der Waals surface area contributed by atoms with Gasteiger partial charge in [0.05, 0.1) is 28.5 Å². The molecule has 10 heteroatoms. The topological polar surface area (TPSA) is 78.5 Å². The summed E-state index contributed by atoms with van der Waals surface area (Å²) in [6.07, 6.45) is 3.67. The third-order valence-electron chi connectivity index (χ3n) is 5.93. The molecule has 3 heterocycles. The van der Waals surface area contributed by atoms with Crippen molar-refractivity contribution in [3.8, 4) is 22.9 Å². The van der Waals surface area contributed by atoms with Crippen molar-refractivity contribution in [1.82, 2.24) is 19.3 Å². The van der Waals surface area contributed by atoms with Gasteiger partial charge in [0.1, 0.15) is 17.6 Å². The number of anilines is 1. The number of fused-ring (bicyclic) bond motifs is 2. The third kappa shape index (κ3) is 5.18. The fraction of sp³-hybridized carbons (Fsp3) is 0.296. The number of imidazole rings is 1. The first-order valence-corrected chi connectivity index (χ1v) is 12.1. The molecule has 4 aromatic rings. The Bertz CT molecular complexity index is 1460. The van der Waals surface area contributed by atoms with Crippen LogP contribution in [0.5, 0.6) is 5.75 Å². The zero-order valence-corrected chi connectivity index (χ0v) is 21.4. The summed E-state index contributed by atoms with van der Waals surface area (Å²) in [6, 6.07) is 13.0. The maximum absolute atomic E-state index is 14.9. The molecule has 0 unspecified atom stereocenters. The lowest BCUT2D eigenvalue weighted by atomic mass is 9.57. The fourth-order valence-corrected chi connectivity index (χ4v) is 4.42. The summed E-state index contributed by atoms with van der Waals surface area (Å²) in [4.78, 5) is 11.1. The Morgan fingerprint density at radius 1 is 1.19 bits per heavy atom. The number of hydrogen-bond donors (Lipinski definition) is 1. The van der Waals surface area contributed by atoms with E-state index in [1.54, 1.807) is 22.9 Å². The molecule has 4 radical (unpaired) electrons. The van der Waals surface area contributed by atoms with E-state index in [1.807, 2.05) is 52.2 Å². The molecule has 0 atom stereocenters. The largest absolute Gasteiger partial charge is 0.493 e. The Kier molecular flexibility index (Phi) is 7.55. The molecule has 0 saturated heterocycles. The molecule has 2 aromatic carbocycles. The number of benzene rings is 2. The molecule has 7 nitrogen and oxygen atoms in total. The lowest BCUT2D eigenvalue weighted by Gasteiger charge is -2.31. The molecule has 1 aliphatic rings. The van der Waals surface area contributed by atoms with Crippen molar-refractivity contribution in [3.05, 3.63) is 77.0 Å². The third-order valence-corrected chi connectivity index (χ3v) is 5.93. The maximum atomic E-state index is 14.9. The quantitative estimate of drug-likeness (QED) is 0.411. The first-order valence-electron chi connectivity index (χ1n) is 12.1. The predicted molar refractivity (Wildman–Crippen MR) is 144 cm³/mol. The van der Waals surface area contributed by atoms with Gasteiger partial charge in [-0.3, -0.25) is 4.40 Å². The van der Waals surface area contributed by atoms with Crippen LogP contribution in [-0.2, 0) is 18.3 Å². The lowest BCUT2D eigenvalue weighted by molar-refractivity contribution is 0.356. The zero-order chi connectivity index (χ0) is 26.7. The van der Waals surface area contributed by atoms with Crippen molar-refractivity contribution in [3.63, 3.8) is 0 Å². The average molecular weight is 492 g/mol. The summed E-state index contributed by atoms with van der Waals surface area (Å²) in [7, 11) is 16.8. The molecule has 1 N–H and O–H groups in total. The Labute approximate surface area is 219 Å². The van der Waals surface area contributed by atoms with Gasteiger partial charge in [-0.05, 0) is 42.7 Å². The number of aromatic nitrogens is 3. The van der Waals surface area contributed by atoms with E-state index in [4.69, 9.17) is 20.4 Å². The summed E-state index contributed by atoms with van der Waals surface area (Å²) in [6.45, 7) is 5.25. The van der Waals surface area contributed by atoms with Gasteiger partial charge in [0.25, 0.3) is 0 Å². The van der Waals surface area contributed by atoms with Crippen molar-refractivity contribution < 1.29 is 9.13 Å². The van der Waals surface area contributed by atoms with Crippen LogP contribution in [-0.4, -0.2) is 55.7 Å². The Balaban J connectivity index is 0.00000156. The van der Waals surface area contributed by atoms with Gasteiger partial charge in [-0.1, -0.05) is 38.1 Å². The molecular weight excluding hydrogens is 465 g/mol. The van der Waals surface area contributed by atoms with Crippen LogP contribution in [0.25, 0.3) is 16.8 Å². The van der Waals surface area contributed by atoms with E-state index in [0.717, 1.165) is 17.7 Å². The molecule has 5 rings (SSSR count). The highest BCUT2D eigenvalue weighted by Crippen LogP contribution is 2.36. The molecule has 0 saturated carbocycles. The van der Waals surface area contributed by atoms with Crippen LogP contribution in [0.15, 0.2) is 48.8 Å². The minimum atomic E-state index is -1.80.